The van der Waals surface area contributed by atoms with E-state index in [4.69, 9.17) is 11.6 Å². The van der Waals surface area contributed by atoms with E-state index in [1.54, 1.807) is 0 Å². The lowest BCUT2D eigenvalue weighted by Crippen LogP contribution is -1.95. The number of fused-ring (bicyclic) bond motifs is 3. The Morgan fingerprint density at radius 3 is 2.48 bits per heavy atom. The Labute approximate surface area is 165 Å². The third kappa shape index (κ3) is 3.54. The van der Waals surface area contributed by atoms with Crippen molar-refractivity contribution in [2.45, 2.75) is 40.5 Å². The van der Waals surface area contributed by atoms with E-state index in [9.17, 15) is 0 Å². The molecule has 27 heavy (non-hydrogen) atoms. The molecule has 0 radical (unpaired) electrons. The summed E-state index contributed by atoms with van der Waals surface area (Å²) < 4.78 is 2.03. The van der Waals surface area contributed by atoms with E-state index in [2.05, 4.69) is 40.9 Å². The molecule has 4 nitrogen and oxygen atoms in total. The van der Waals surface area contributed by atoms with E-state index in [0.717, 1.165) is 51.5 Å². The van der Waals surface area contributed by atoms with Crippen LogP contribution in [0.15, 0.2) is 36.9 Å². The summed E-state index contributed by atoms with van der Waals surface area (Å²) in [6.45, 7) is 8.30. The maximum absolute atomic E-state index is 6.12. The molecule has 0 N–H and O–H groups in total. The van der Waals surface area contributed by atoms with Crippen molar-refractivity contribution < 1.29 is 0 Å². The zero-order valence-electron chi connectivity index (χ0n) is 16.5. The van der Waals surface area contributed by atoms with Gasteiger partial charge in [0, 0.05) is 47.0 Å². The van der Waals surface area contributed by atoms with Crippen LogP contribution < -0.4 is 0 Å². The van der Waals surface area contributed by atoms with Crippen LogP contribution in [-0.2, 0) is 13.5 Å². The van der Waals surface area contributed by atoms with Crippen molar-refractivity contribution in [1.82, 2.24) is 19.5 Å². The predicted molar refractivity (Wildman–Crippen MR) is 114 cm³/mol. The summed E-state index contributed by atoms with van der Waals surface area (Å²) in [5, 5.41) is 2.60. The normalized spacial score (nSPS) is 10.9. The first-order valence-corrected chi connectivity index (χ1v) is 9.81. The maximum atomic E-state index is 6.12. The second-order valence-electron chi connectivity index (χ2n) is 6.45. The Morgan fingerprint density at radius 2 is 1.78 bits per heavy atom. The lowest BCUT2D eigenvalue weighted by atomic mass is 9.97. The molecule has 5 heteroatoms. The molecule has 1 aromatic carbocycles. The molecule has 0 aliphatic carbocycles. The predicted octanol–water partition coefficient (Wildman–Crippen LogP) is 6.12. The van der Waals surface area contributed by atoms with Gasteiger partial charge in [0.15, 0.2) is 0 Å². The smallest absolute Gasteiger partial charge is 0.129 e. The van der Waals surface area contributed by atoms with E-state index in [0.29, 0.717) is 5.15 Å². The molecule has 0 saturated heterocycles. The van der Waals surface area contributed by atoms with Crippen LogP contribution in [0, 0.1) is 6.92 Å². The van der Waals surface area contributed by atoms with E-state index in [-0.39, 0.29) is 0 Å². The summed E-state index contributed by atoms with van der Waals surface area (Å²) in [6.07, 6.45) is 7.73. The Morgan fingerprint density at radius 1 is 1.00 bits per heavy atom. The van der Waals surface area contributed by atoms with E-state index in [1.165, 1.54) is 5.56 Å². The Balaban J connectivity index is 0.00000102. The molecule has 140 valence electrons. The van der Waals surface area contributed by atoms with E-state index >= 15 is 0 Å². The lowest BCUT2D eigenvalue weighted by Gasteiger charge is -2.11. The van der Waals surface area contributed by atoms with Crippen LogP contribution >= 0.6 is 11.6 Å². The van der Waals surface area contributed by atoms with Crippen molar-refractivity contribution in [3.05, 3.63) is 53.3 Å². The SMILES string of the molecule is CC.CCCc1cc(C)c(-c2cc3cnc(Cl)cc3c3c2ncn3C)cn1. The molecular formula is C22H25ClN4. The highest BCUT2D eigenvalue weighted by atomic mass is 35.5. The van der Waals surface area contributed by atoms with E-state index in [1.807, 2.05) is 50.2 Å². The van der Waals surface area contributed by atoms with Crippen molar-refractivity contribution in [2.75, 3.05) is 0 Å². The van der Waals surface area contributed by atoms with Crippen molar-refractivity contribution >= 4 is 33.4 Å². The van der Waals surface area contributed by atoms with Crippen LogP contribution in [0.3, 0.4) is 0 Å². The number of aromatic nitrogens is 4. The molecule has 0 amide bonds. The summed E-state index contributed by atoms with van der Waals surface area (Å²) in [5.41, 5.74) is 6.57. The third-order valence-corrected chi connectivity index (χ3v) is 4.82. The molecule has 4 aromatic rings. The fraction of sp³-hybridized carbons (Fsp3) is 0.318. The van der Waals surface area contributed by atoms with Gasteiger partial charge in [-0.2, -0.15) is 0 Å². The number of halogens is 1. The first kappa shape index (κ1) is 19.3. The van der Waals surface area contributed by atoms with Gasteiger partial charge in [0.2, 0.25) is 0 Å². The number of hydrogen-bond acceptors (Lipinski definition) is 3. The number of benzene rings is 1. The van der Waals surface area contributed by atoms with Crippen molar-refractivity contribution in [2.24, 2.45) is 7.05 Å². The molecule has 0 bridgehead atoms. The summed E-state index contributed by atoms with van der Waals surface area (Å²) >= 11 is 6.12. The van der Waals surface area contributed by atoms with Crippen LogP contribution in [0.4, 0.5) is 0 Å². The van der Waals surface area contributed by atoms with Gasteiger partial charge in [0.1, 0.15) is 5.15 Å². The second kappa shape index (κ2) is 8.05. The van der Waals surface area contributed by atoms with E-state index < -0.39 is 0 Å². The zero-order valence-corrected chi connectivity index (χ0v) is 17.3. The zero-order chi connectivity index (χ0) is 19.6. The minimum absolute atomic E-state index is 0.490. The molecule has 0 fully saturated rings. The average molecular weight is 381 g/mol. The van der Waals surface area contributed by atoms with Crippen LogP contribution in [0.1, 0.15) is 38.4 Å². The minimum Gasteiger partial charge on any atom is -0.333 e. The van der Waals surface area contributed by atoms with Gasteiger partial charge in [-0.15, -0.1) is 0 Å². The Hall–Kier alpha value is -2.46. The highest BCUT2D eigenvalue weighted by Gasteiger charge is 2.15. The summed E-state index contributed by atoms with van der Waals surface area (Å²) in [5.74, 6) is 0. The molecule has 0 unspecified atom stereocenters. The standard InChI is InChI=1S/C20H19ClN4.C2H6/c1-4-5-14-6-12(2)17(10-22-14)16-7-13-9-23-18(21)8-15(13)20-19(16)24-11-25(20)3;1-2/h6-11H,4-5H2,1-3H3;1-2H3. The van der Waals surface area contributed by atoms with Crippen LogP contribution in [0.5, 0.6) is 0 Å². The third-order valence-electron chi connectivity index (χ3n) is 4.61. The number of imidazole rings is 1. The molecular weight excluding hydrogens is 356 g/mol. The molecule has 3 heterocycles. The fourth-order valence-electron chi connectivity index (χ4n) is 3.42. The van der Waals surface area contributed by atoms with Gasteiger partial charge in [-0.1, -0.05) is 38.8 Å². The van der Waals surface area contributed by atoms with Crippen LogP contribution in [0.25, 0.3) is 32.9 Å². The number of aryl methyl sites for hydroxylation is 3. The fourth-order valence-corrected chi connectivity index (χ4v) is 3.58. The quantitative estimate of drug-likeness (QED) is 0.402. The molecule has 0 aliphatic rings. The number of nitrogens with zero attached hydrogens (tertiary/aromatic N) is 4. The van der Waals surface area contributed by atoms with Gasteiger partial charge in [-0.3, -0.25) is 4.98 Å². The van der Waals surface area contributed by atoms with Gasteiger partial charge in [-0.05, 0) is 37.1 Å². The van der Waals surface area contributed by atoms with Gasteiger partial charge >= 0.3 is 0 Å². The lowest BCUT2D eigenvalue weighted by molar-refractivity contribution is 0.881. The van der Waals surface area contributed by atoms with Gasteiger partial charge in [0.05, 0.1) is 17.4 Å². The maximum Gasteiger partial charge on any atom is 0.129 e. The number of rotatable bonds is 3. The minimum atomic E-state index is 0.490. The number of pyridine rings is 2. The van der Waals surface area contributed by atoms with Crippen molar-refractivity contribution in [3.8, 4) is 11.1 Å². The van der Waals surface area contributed by atoms with Gasteiger partial charge in [-0.25, -0.2) is 9.97 Å². The molecule has 0 atom stereocenters. The second-order valence-corrected chi connectivity index (χ2v) is 6.83. The molecule has 4 rings (SSSR count). The van der Waals surface area contributed by atoms with Crippen LogP contribution in [-0.4, -0.2) is 19.5 Å². The highest BCUT2D eigenvalue weighted by molar-refractivity contribution is 6.30. The largest absolute Gasteiger partial charge is 0.333 e. The number of hydrogen-bond donors (Lipinski definition) is 0. The molecule has 3 aromatic heterocycles. The first-order chi connectivity index (χ1) is 13.1. The first-order valence-electron chi connectivity index (χ1n) is 9.43. The Bertz CT molecular complexity index is 1100. The van der Waals surface area contributed by atoms with Gasteiger partial charge in [0.25, 0.3) is 0 Å². The highest BCUT2D eigenvalue weighted by Crippen LogP contribution is 2.35. The summed E-state index contributed by atoms with van der Waals surface area (Å²) in [6, 6.07) is 6.22. The molecule has 0 saturated carbocycles. The molecule has 0 aliphatic heterocycles. The average Bonchev–Trinajstić information content (AvgIpc) is 3.06. The molecule has 0 spiro atoms. The topological polar surface area (TPSA) is 43.6 Å². The van der Waals surface area contributed by atoms with Crippen LogP contribution in [0.2, 0.25) is 5.15 Å². The summed E-state index contributed by atoms with van der Waals surface area (Å²) in [7, 11) is 2.00. The van der Waals surface area contributed by atoms with Crippen molar-refractivity contribution in [1.29, 1.82) is 0 Å². The van der Waals surface area contributed by atoms with Gasteiger partial charge < -0.3 is 4.57 Å². The monoisotopic (exact) mass is 380 g/mol. The van der Waals surface area contributed by atoms with Crippen molar-refractivity contribution in [3.63, 3.8) is 0 Å². The summed E-state index contributed by atoms with van der Waals surface area (Å²) in [4.78, 5) is 13.5. The Kier molecular flexibility index (Phi) is 5.76.